The van der Waals surface area contributed by atoms with Gasteiger partial charge in [-0.2, -0.15) is 0 Å². The molecule has 0 fully saturated rings. The van der Waals surface area contributed by atoms with Gasteiger partial charge in [0.1, 0.15) is 0 Å². The van der Waals surface area contributed by atoms with Gasteiger partial charge in [0, 0.05) is 0 Å². The van der Waals surface area contributed by atoms with Gasteiger partial charge in [-0.05, 0) is 0 Å². The minimum absolute atomic E-state index is 0. The van der Waals surface area contributed by atoms with Crippen LogP contribution in [-0.4, -0.2) is 91.3 Å². The maximum atomic E-state index is 8.66. The van der Waals surface area contributed by atoms with Gasteiger partial charge in [0.05, 0.1) is 7.82 Å². The molecule has 0 rings (SSSR count). The molecule has 0 amide bonds. The Labute approximate surface area is 111 Å². The van der Waals surface area contributed by atoms with Crippen LogP contribution in [0.15, 0.2) is 0 Å². The molecular formula is H3Ca2O6P. The minimum atomic E-state index is -5.14. The average Bonchev–Trinajstić information content (AvgIpc) is 0.722. The van der Waals surface area contributed by atoms with Gasteiger partial charge in [-0.1, -0.05) is 0 Å². The van der Waals surface area contributed by atoms with Crippen molar-refractivity contribution in [1.29, 1.82) is 0 Å². The largest absolute Gasteiger partial charge is 2.00 e. The van der Waals surface area contributed by atoms with Crippen LogP contribution in [0.3, 0.4) is 0 Å². The number of rotatable bonds is 0. The van der Waals surface area contributed by atoms with Crippen molar-refractivity contribution in [2.45, 2.75) is 0 Å². The predicted octanol–water partition coefficient (Wildman–Crippen LogP) is -3.31. The number of hydrogen-bond acceptors (Lipinski definition) is 5. The first kappa shape index (κ1) is 30.0. The van der Waals surface area contributed by atoms with Crippen LogP contribution in [0, 0.1) is 0 Å². The van der Waals surface area contributed by atoms with Gasteiger partial charge in [-0.3, -0.25) is 0 Å². The summed E-state index contributed by atoms with van der Waals surface area (Å²) in [7, 11) is -5.14. The molecule has 0 saturated heterocycles. The molecule has 3 N–H and O–H groups in total. The molecule has 0 atom stereocenters. The fraction of sp³-hybridized carbons (Fsp3) is 0. The molecule has 0 aliphatic heterocycles. The molecule has 0 aromatic carbocycles. The van der Waals surface area contributed by atoms with Gasteiger partial charge in [0.15, 0.2) is 0 Å². The van der Waals surface area contributed by atoms with Crippen molar-refractivity contribution in [3.63, 3.8) is 0 Å². The molecule has 0 bridgehead atoms. The summed E-state index contributed by atoms with van der Waals surface area (Å²) < 4.78 is 8.66. The van der Waals surface area contributed by atoms with Crippen molar-refractivity contribution < 1.29 is 30.2 Å². The Morgan fingerprint density at radius 1 is 1.11 bits per heavy atom. The molecule has 0 saturated carbocycles. The van der Waals surface area contributed by atoms with Crippen LogP contribution in [0.2, 0.25) is 0 Å². The van der Waals surface area contributed by atoms with Crippen molar-refractivity contribution >= 4 is 83.3 Å². The van der Waals surface area contributed by atoms with Crippen LogP contribution >= 0.6 is 7.82 Å². The van der Waals surface area contributed by atoms with E-state index in [4.69, 9.17) is 19.2 Å². The van der Waals surface area contributed by atoms with E-state index in [9.17, 15) is 0 Å². The molecule has 0 radical (unpaired) electrons. The van der Waals surface area contributed by atoms with Crippen LogP contribution < -0.4 is 9.79 Å². The molecule has 0 unspecified atom stereocenters. The molecule has 0 heterocycles. The summed E-state index contributed by atoms with van der Waals surface area (Å²) >= 11 is 0. The third-order valence-electron chi connectivity index (χ3n) is 0. The summed E-state index contributed by atoms with van der Waals surface area (Å²) in [5, 5.41) is 0. The van der Waals surface area contributed by atoms with Gasteiger partial charge in [0.2, 0.25) is 0 Å². The van der Waals surface area contributed by atoms with E-state index in [2.05, 4.69) is 0 Å². The summed E-state index contributed by atoms with van der Waals surface area (Å²) in [5.41, 5.74) is 0. The summed E-state index contributed by atoms with van der Waals surface area (Å²) in [5.74, 6) is 0. The van der Waals surface area contributed by atoms with Gasteiger partial charge in [-0.25, -0.2) is 0 Å². The topological polar surface area (TPSA) is 143 Å². The van der Waals surface area contributed by atoms with Crippen LogP contribution in [0.5, 0.6) is 0 Å². The van der Waals surface area contributed by atoms with E-state index in [-0.39, 0.29) is 86.4 Å². The van der Waals surface area contributed by atoms with E-state index in [1.54, 1.807) is 0 Å². The average molecular weight is 210 g/mol. The maximum absolute atomic E-state index is 8.66. The van der Waals surface area contributed by atoms with E-state index >= 15 is 0 Å². The van der Waals surface area contributed by atoms with E-state index < -0.39 is 7.82 Å². The molecule has 48 valence electrons. The predicted molar refractivity (Wildman–Crippen MR) is 25.2 cm³/mol. The first-order valence-corrected chi connectivity index (χ1v) is 2.24. The Kier molecular flexibility index (Phi) is 43.8. The zero-order valence-electron chi connectivity index (χ0n) is 4.43. The second-order valence-corrected chi connectivity index (χ2v) is 1.41. The van der Waals surface area contributed by atoms with Crippen molar-refractivity contribution in [2.24, 2.45) is 0 Å². The van der Waals surface area contributed by atoms with E-state index in [0.717, 1.165) is 0 Å². The molecule has 9 heavy (non-hydrogen) atoms. The van der Waals surface area contributed by atoms with Crippen LogP contribution in [-0.2, 0) is 4.57 Å². The fourth-order valence-electron chi connectivity index (χ4n) is 0. The number of phosphoric acid groups is 1. The Hall–Kier alpha value is 2.55. The Bertz CT molecular complexity index is 57.2. The standard InChI is InChI=1S/2Ca.H3O4P.2H2O/c;;1-5(2,3)4;;/h;;(H3,1,2,3,4);2*1H2/q2*+2;;;/p-4. The minimum Gasteiger partial charge on any atom is -0.870 e. The third-order valence-corrected chi connectivity index (χ3v) is 0. The van der Waals surface area contributed by atoms with E-state index in [1.165, 1.54) is 0 Å². The molecule has 0 aliphatic rings. The van der Waals surface area contributed by atoms with Gasteiger partial charge < -0.3 is 30.2 Å². The molecule has 0 spiro atoms. The number of hydrogen-bond donors (Lipinski definition) is 1. The Morgan fingerprint density at radius 3 is 1.11 bits per heavy atom. The zero-order valence-corrected chi connectivity index (χ0v) is 9.74. The van der Waals surface area contributed by atoms with Crippen molar-refractivity contribution in [2.75, 3.05) is 0 Å². The van der Waals surface area contributed by atoms with Gasteiger partial charge >= 0.3 is 75.5 Å². The summed E-state index contributed by atoms with van der Waals surface area (Å²) in [6, 6.07) is 0. The van der Waals surface area contributed by atoms with Crippen molar-refractivity contribution in [1.82, 2.24) is 0 Å². The third kappa shape index (κ3) is 119. The molecular weight excluding hydrogens is 207 g/mol. The molecule has 0 aromatic rings. The van der Waals surface area contributed by atoms with Crippen LogP contribution in [0.25, 0.3) is 0 Å². The molecule has 9 heteroatoms. The monoisotopic (exact) mass is 210 g/mol. The summed E-state index contributed by atoms with van der Waals surface area (Å²) in [6.45, 7) is 0. The molecule has 0 aliphatic carbocycles. The van der Waals surface area contributed by atoms with Crippen LogP contribution in [0.1, 0.15) is 0 Å². The summed E-state index contributed by atoms with van der Waals surface area (Å²) in [4.78, 5) is 24.3. The maximum Gasteiger partial charge on any atom is 2.00 e. The van der Waals surface area contributed by atoms with E-state index in [0.29, 0.717) is 0 Å². The fourth-order valence-corrected chi connectivity index (χ4v) is 0. The molecule has 6 nitrogen and oxygen atoms in total. The van der Waals surface area contributed by atoms with E-state index in [1.807, 2.05) is 0 Å². The second kappa shape index (κ2) is 13.2. The Morgan fingerprint density at radius 2 is 1.11 bits per heavy atom. The smallest absolute Gasteiger partial charge is 0.870 e. The summed E-state index contributed by atoms with van der Waals surface area (Å²) in [6.07, 6.45) is 0. The first-order valence-electron chi connectivity index (χ1n) is 0.748. The second-order valence-electron chi connectivity index (χ2n) is 0.469. The quantitative estimate of drug-likeness (QED) is 0.327. The van der Waals surface area contributed by atoms with Crippen LogP contribution in [0.4, 0.5) is 0 Å². The first-order chi connectivity index (χ1) is 2.00. The molecule has 0 aromatic heterocycles. The van der Waals surface area contributed by atoms with Gasteiger partial charge in [0.25, 0.3) is 0 Å². The Balaban J connectivity index is -0.0000000133. The normalized spacial score (nSPS) is 6.56. The van der Waals surface area contributed by atoms with Gasteiger partial charge in [-0.15, -0.1) is 0 Å². The van der Waals surface area contributed by atoms with Crippen molar-refractivity contribution in [3.05, 3.63) is 0 Å². The van der Waals surface area contributed by atoms with Crippen molar-refractivity contribution in [3.8, 4) is 0 Å². The zero-order chi connectivity index (χ0) is 4.50. The SMILES string of the molecule is O=P([O-])([O-])O.[Ca+2].[Ca+2].[OH-].[OH-].